The quantitative estimate of drug-likeness (QED) is 0.355. The number of thioether (sulfide) groups is 2. The third-order valence-electron chi connectivity index (χ3n) is 7.17. The van der Waals surface area contributed by atoms with E-state index in [9.17, 15) is 0 Å². The van der Waals surface area contributed by atoms with Crippen LogP contribution in [-0.2, 0) is 0 Å². The molecule has 3 aliphatic rings. The molecule has 2 heterocycles. The predicted octanol–water partition coefficient (Wildman–Crippen LogP) is 6.40. The molecule has 0 radical (unpaired) electrons. The maximum absolute atomic E-state index is 5.79. The Kier molecular flexibility index (Phi) is 7.40. The number of hydrogen-bond acceptors (Lipinski definition) is 6. The summed E-state index contributed by atoms with van der Waals surface area (Å²) in [6.07, 6.45) is 11.1. The van der Waals surface area contributed by atoms with Crippen molar-refractivity contribution in [2.75, 3.05) is 26.3 Å². The van der Waals surface area contributed by atoms with Crippen molar-refractivity contribution < 1.29 is 9.47 Å². The van der Waals surface area contributed by atoms with Crippen LogP contribution >= 0.6 is 23.5 Å². The van der Waals surface area contributed by atoms with Gasteiger partial charge in [-0.2, -0.15) is 0 Å². The second-order valence-corrected chi connectivity index (χ2v) is 12.5. The van der Waals surface area contributed by atoms with Crippen molar-refractivity contribution in [2.24, 2.45) is 11.5 Å². The highest BCUT2D eigenvalue weighted by Crippen LogP contribution is 2.67. The Morgan fingerprint density at radius 2 is 1.03 bits per heavy atom. The predicted molar refractivity (Wildman–Crippen MR) is 155 cm³/mol. The van der Waals surface area contributed by atoms with Crippen LogP contribution in [0.15, 0.2) is 84.0 Å². The molecule has 2 atom stereocenters. The Morgan fingerprint density at radius 1 is 0.639 bits per heavy atom. The standard InChI is InChI=1S/C30H34N2O2S2/c1-29-23(19-27(35-29)21-5-11-25(12-6-21)33-17-3-15-31)9-10-24-20-28(36-30(24,29)2)22-7-13-26(14-8-22)34-18-4-16-32/h5-14,19-20H,3-4,15-18,31-32H2,1-2H3/t29-,30-/m1/s1. The minimum atomic E-state index is -0.0586. The summed E-state index contributed by atoms with van der Waals surface area (Å²) in [5.41, 5.74) is 16.4. The third kappa shape index (κ3) is 4.68. The Bertz CT molecular complexity index is 1130. The van der Waals surface area contributed by atoms with E-state index in [0.29, 0.717) is 26.3 Å². The van der Waals surface area contributed by atoms with Crippen LogP contribution in [0, 0.1) is 0 Å². The fraction of sp³-hybridized carbons (Fsp3) is 0.333. The molecule has 2 aliphatic heterocycles. The van der Waals surface area contributed by atoms with Crippen molar-refractivity contribution in [2.45, 2.75) is 36.2 Å². The van der Waals surface area contributed by atoms with Crippen LogP contribution in [0.2, 0.25) is 0 Å². The zero-order valence-corrected chi connectivity index (χ0v) is 22.6. The second kappa shape index (κ2) is 10.5. The SMILES string of the molecule is C[C@@]12SC(c3ccc(OCCCN)cc3)=CC1=CC=C1C=C(c3ccc(OCCCN)cc3)S[C@]12C. The Hall–Kier alpha value is -2.38. The molecule has 0 spiro atoms. The van der Waals surface area contributed by atoms with Gasteiger partial charge < -0.3 is 20.9 Å². The van der Waals surface area contributed by atoms with Gasteiger partial charge in [0.25, 0.3) is 0 Å². The van der Waals surface area contributed by atoms with Gasteiger partial charge in [-0.25, -0.2) is 0 Å². The number of rotatable bonds is 10. The van der Waals surface area contributed by atoms with E-state index >= 15 is 0 Å². The van der Waals surface area contributed by atoms with Crippen molar-refractivity contribution in [1.82, 2.24) is 0 Å². The highest BCUT2D eigenvalue weighted by Gasteiger charge is 2.56. The molecule has 2 aromatic rings. The number of fused-ring (bicyclic) bond motifs is 3. The van der Waals surface area contributed by atoms with Crippen LogP contribution in [0.5, 0.6) is 11.5 Å². The summed E-state index contributed by atoms with van der Waals surface area (Å²) in [5.74, 6) is 1.79. The van der Waals surface area contributed by atoms with E-state index in [1.165, 1.54) is 32.1 Å². The van der Waals surface area contributed by atoms with Gasteiger partial charge in [-0.15, -0.1) is 23.5 Å². The number of hydrogen-bond donors (Lipinski definition) is 2. The van der Waals surface area contributed by atoms with E-state index in [2.05, 4.69) is 86.7 Å². The van der Waals surface area contributed by atoms with E-state index in [0.717, 1.165) is 24.3 Å². The molecular weight excluding hydrogens is 484 g/mol. The van der Waals surface area contributed by atoms with E-state index in [1.807, 2.05) is 23.5 Å². The Balaban J connectivity index is 1.31. The van der Waals surface area contributed by atoms with Crippen molar-refractivity contribution >= 4 is 33.3 Å². The molecule has 0 fully saturated rings. The van der Waals surface area contributed by atoms with Crippen molar-refractivity contribution in [3.05, 3.63) is 95.1 Å². The fourth-order valence-electron chi connectivity index (χ4n) is 4.78. The monoisotopic (exact) mass is 518 g/mol. The van der Waals surface area contributed by atoms with Crippen LogP contribution in [0.25, 0.3) is 9.81 Å². The van der Waals surface area contributed by atoms with Gasteiger partial charge in [0.05, 0.1) is 22.7 Å². The summed E-state index contributed by atoms with van der Waals surface area (Å²) < 4.78 is 11.5. The molecule has 0 saturated carbocycles. The lowest BCUT2D eigenvalue weighted by Gasteiger charge is -2.44. The van der Waals surface area contributed by atoms with E-state index in [-0.39, 0.29) is 9.49 Å². The van der Waals surface area contributed by atoms with Gasteiger partial charge in [0.1, 0.15) is 11.5 Å². The number of ether oxygens (including phenoxy) is 2. The molecule has 188 valence electrons. The third-order valence-corrected chi connectivity index (χ3v) is 10.5. The Labute approximate surface area is 222 Å². The first-order valence-corrected chi connectivity index (χ1v) is 14.2. The van der Waals surface area contributed by atoms with Gasteiger partial charge in [0.2, 0.25) is 0 Å². The molecule has 0 amide bonds. The lowest BCUT2D eigenvalue weighted by atomic mass is 9.77. The van der Waals surface area contributed by atoms with Crippen LogP contribution in [-0.4, -0.2) is 35.8 Å². The highest BCUT2D eigenvalue weighted by atomic mass is 32.2. The average molecular weight is 519 g/mol. The van der Waals surface area contributed by atoms with Crippen LogP contribution in [0.1, 0.15) is 37.8 Å². The van der Waals surface area contributed by atoms with E-state index in [1.54, 1.807) is 0 Å². The van der Waals surface area contributed by atoms with Gasteiger partial charge in [-0.1, -0.05) is 36.4 Å². The lowest BCUT2D eigenvalue weighted by Crippen LogP contribution is -2.45. The normalized spacial score (nSPS) is 24.3. The molecule has 1 aliphatic carbocycles. The summed E-state index contributed by atoms with van der Waals surface area (Å²) in [6.45, 7) is 7.38. The minimum Gasteiger partial charge on any atom is -0.494 e. The zero-order chi connectivity index (χ0) is 25.2. The fourth-order valence-corrected chi connectivity index (χ4v) is 7.90. The van der Waals surface area contributed by atoms with Crippen molar-refractivity contribution in [1.29, 1.82) is 0 Å². The van der Waals surface area contributed by atoms with Gasteiger partial charge in [-0.3, -0.25) is 0 Å². The first-order valence-electron chi connectivity index (χ1n) is 12.6. The van der Waals surface area contributed by atoms with Crippen molar-refractivity contribution in [3.8, 4) is 11.5 Å². The number of nitrogens with two attached hydrogens (primary N) is 2. The number of allylic oxidation sites excluding steroid dienone is 4. The van der Waals surface area contributed by atoms with Crippen molar-refractivity contribution in [3.63, 3.8) is 0 Å². The topological polar surface area (TPSA) is 70.5 Å². The lowest BCUT2D eigenvalue weighted by molar-refractivity contribution is 0.313. The molecule has 0 bridgehead atoms. The first-order chi connectivity index (χ1) is 17.5. The zero-order valence-electron chi connectivity index (χ0n) is 21.0. The molecular formula is C30H34N2O2S2. The molecule has 5 rings (SSSR count). The molecule has 4 nitrogen and oxygen atoms in total. The molecule has 2 aromatic carbocycles. The summed E-state index contributed by atoms with van der Waals surface area (Å²) in [4.78, 5) is 2.61. The van der Waals surface area contributed by atoms with Gasteiger partial charge >= 0.3 is 0 Å². The second-order valence-electron chi connectivity index (χ2n) is 9.56. The highest BCUT2D eigenvalue weighted by molar-refractivity contribution is 8.14. The smallest absolute Gasteiger partial charge is 0.119 e. The van der Waals surface area contributed by atoms with Crippen LogP contribution in [0.3, 0.4) is 0 Å². The number of benzene rings is 2. The molecule has 6 heteroatoms. The summed E-state index contributed by atoms with van der Waals surface area (Å²) in [5, 5.41) is 0. The minimum absolute atomic E-state index is 0.0586. The molecule has 0 aromatic heterocycles. The average Bonchev–Trinajstić information content (AvgIpc) is 3.43. The maximum Gasteiger partial charge on any atom is 0.119 e. The maximum atomic E-state index is 5.79. The molecule has 0 saturated heterocycles. The van der Waals surface area contributed by atoms with E-state index in [4.69, 9.17) is 20.9 Å². The van der Waals surface area contributed by atoms with Crippen LogP contribution < -0.4 is 20.9 Å². The molecule has 4 N–H and O–H groups in total. The van der Waals surface area contributed by atoms with Gasteiger partial charge in [-0.05, 0) is 98.5 Å². The first kappa shape index (κ1) is 25.3. The molecule has 0 unspecified atom stereocenters. The van der Waals surface area contributed by atoms with Gasteiger partial charge in [0.15, 0.2) is 0 Å². The largest absolute Gasteiger partial charge is 0.494 e. The van der Waals surface area contributed by atoms with Crippen LogP contribution in [0.4, 0.5) is 0 Å². The Morgan fingerprint density at radius 3 is 1.39 bits per heavy atom. The van der Waals surface area contributed by atoms with Gasteiger partial charge in [0, 0.05) is 9.81 Å². The summed E-state index contributed by atoms with van der Waals surface area (Å²) >= 11 is 3.95. The molecule has 36 heavy (non-hydrogen) atoms. The van der Waals surface area contributed by atoms with E-state index < -0.39 is 0 Å². The summed E-state index contributed by atoms with van der Waals surface area (Å²) in [6, 6.07) is 16.9. The summed E-state index contributed by atoms with van der Waals surface area (Å²) in [7, 11) is 0.